The summed E-state index contributed by atoms with van der Waals surface area (Å²) in [5.74, 6) is 0.903. The van der Waals surface area contributed by atoms with Crippen LogP contribution in [0.15, 0.2) is 53.5 Å². The molecule has 2 aromatic rings. The van der Waals surface area contributed by atoms with E-state index in [0.29, 0.717) is 12.1 Å². The van der Waals surface area contributed by atoms with Crippen molar-refractivity contribution in [3.05, 3.63) is 64.7 Å². The zero-order valence-electron chi connectivity index (χ0n) is 15.2. The molecule has 3 rings (SSSR count). The first-order chi connectivity index (χ1) is 12.7. The second kappa shape index (κ2) is 10.4. The highest BCUT2D eigenvalue weighted by atomic mass is 127. The lowest BCUT2D eigenvalue weighted by atomic mass is 10.1. The number of hydrogen-bond acceptors (Lipinski definition) is 3. The first-order valence-corrected chi connectivity index (χ1v) is 9.02. The van der Waals surface area contributed by atoms with Gasteiger partial charge in [-0.3, -0.25) is 4.99 Å². The number of nitriles is 1. The fourth-order valence-electron chi connectivity index (χ4n) is 3.06. The topological polar surface area (TPSA) is 54.7 Å². The SMILES string of the molecule is CN=C(NCc1ccc(C#N)cc1)N1CCN(c2cccc(Cl)c2)CC1.I. The number of benzene rings is 2. The first-order valence-electron chi connectivity index (χ1n) is 8.65. The van der Waals surface area contributed by atoms with E-state index in [0.717, 1.165) is 48.4 Å². The largest absolute Gasteiger partial charge is 0.368 e. The molecule has 1 N–H and O–H groups in total. The van der Waals surface area contributed by atoms with Gasteiger partial charge in [0.25, 0.3) is 0 Å². The Morgan fingerprint density at radius 2 is 1.85 bits per heavy atom. The number of nitrogens with one attached hydrogen (secondary N) is 1. The van der Waals surface area contributed by atoms with Gasteiger partial charge in [-0.1, -0.05) is 29.8 Å². The van der Waals surface area contributed by atoms with E-state index in [1.165, 1.54) is 0 Å². The molecule has 1 fully saturated rings. The Morgan fingerprint density at radius 3 is 2.44 bits per heavy atom. The van der Waals surface area contributed by atoms with E-state index >= 15 is 0 Å². The van der Waals surface area contributed by atoms with Gasteiger partial charge in [-0.15, -0.1) is 24.0 Å². The van der Waals surface area contributed by atoms with Crippen LogP contribution in [-0.4, -0.2) is 44.1 Å². The zero-order valence-corrected chi connectivity index (χ0v) is 18.3. The third-order valence-corrected chi connectivity index (χ3v) is 4.73. The third-order valence-electron chi connectivity index (χ3n) is 4.50. The molecule has 1 heterocycles. The van der Waals surface area contributed by atoms with Gasteiger partial charge in [-0.2, -0.15) is 5.26 Å². The van der Waals surface area contributed by atoms with Crippen molar-refractivity contribution in [1.82, 2.24) is 10.2 Å². The molecule has 7 heteroatoms. The Kier molecular flexibility index (Phi) is 8.20. The van der Waals surface area contributed by atoms with Crippen LogP contribution in [0.4, 0.5) is 5.69 Å². The molecule has 142 valence electrons. The average Bonchev–Trinajstić information content (AvgIpc) is 2.69. The Bertz CT molecular complexity index is 808. The van der Waals surface area contributed by atoms with Gasteiger partial charge in [0.15, 0.2) is 5.96 Å². The van der Waals surface area contributed by atoms with E-state index in [1.54, 1.807) is 0 Å². The second-order valence-corrected chi connectivity index (χ2v) is 6.60. The summed E-state index contributed by atoms with van der Waals surface area (Å²) in [5, 5.41) is 13.0. The highest BCUT2D eigenvalue weighted by molar-refractivity contribution is 14.0. The molecule has 0 unspecified atom stereocenters. The minimum atomic E-state index is 0. The van der Waals surface area contributed by atoms with Crippen LogP contribution in [-0.2, 0) is 6.54 Å². The van der Waals surface area contributed by atoms with E-state index < -0.39 is 0 Å². The summed E-state index contributed by atoms with van der Waals surface area (Å²) in [7, 11) is 1.81. The molecule has 2 aromatic carbocycles. The van der Waals surface area contributed by atoms with Crippen molar-refractivity contribution in [1.29, 1.82) is 5.26 Å². The molecule has 0 aromatic heterocycles. The van der Waals surface area contributed by atoms with E-state index in [4.69, 9.17) is 16.9 Å². The van der Waals surface area contributed by atoms with Gasteiger partial charge in [-0.25, -0.2) is 0 Å². The molecule has 0 amide bonds. The van der Waals surface area contributed by atoms with Crippen molar-refractivity contribution in [3.63, 3.8) is 0 Å². The summed E-state index contributed by atoms with van der Waals surface area (Å²) in [6.45, 7) is 4.35. The number of guanidine groups is 1. The van der Waals surface area contributed by atoms with Crippen molar-refractivity contribution < 1.29 is 0 Å². The van der Waals surface area contributed by atoms with Crippen molar-refractivity contribution in [2.45, 2.75) is 6.54 Å². The van der Waals surface area contributed by atoms with Crippen molar-refractivity contribution in [3.8, 4) is 6.07 Å². The maximum Gasteiger partial charge on any atom is 0.194 e. The number of aliphatic imine (C=N–C) groups is 1. The van der Waals surface area contributed by atoms with Crippen LogP contribution in [0.1, 0.15) is 11.1 Å². The molecule has 1 aliphatic rings. The smallest absolute Gasteiger partial charge is 0.194 e. The summed E-state index contributed by atoms with van der Waals surface area (Å²) in [6.07, 6.45) is 0. The Labute approximate surface area is 182 Å². The quantitative estimate of drug-likeness (QED) is 0.401. The molecule has 0 atom stereocenters. The van der Waals surface area contributed by atoms with Crippen LogP contribution in [0.2, 0.25) is 5.02 Å². The van der Waals surface area contributed by atoms with E-state index in [1.807, 2.05) is 49.5 Å². The average molecular weight is 496 g/mol. The van der Waals surface area contributed by atoms with Crippen molar-refractivity contribution in [2.24, 2.45) is 4.99 Å². The standard InChI is InChI=1S/C20H22ClN5.HI/c1-23-20(24-15-17-7-5-16(14-22)6-8-17)26-11-9-25(10-12-26)19-4-2-3-18(21)13-19;/h2-8,13H,9-12,15H2,1H3,(H,23,24);1H. The van der Waals surface area contributed by atoms with Gasteiger partial charge in [-0.05, 0) is 35.9 Å². The first kappa shape index (κ1) is 21.3. The summed E-state index contributed by atoms with van der Waals surface area (Å²) in [5.41, 5.74) is 2.97. The van der Waals surface area contributed by atoms with Crippen LogP contribution < -0.4 is 10.2 Å². The van der Waals surface area contributed by atoms with Gasteiger partial charge in [0.2, 0.25) is 0 Å². The Morgan fingerprint density at radius 1 is 1.15 bits per heavy atom. The third kappa shape index (κ3) is 5.75. The number of anilines is 1. The molecule has 1 saturated heterocycles. The Hall–Kier alpha value is -1.98. The number of piperazine rings is 1. The van der Waals surface area contributed by atoms with E-state index in [-0.39, 0.29) is 24.0 Å². The number of hydrogen-bond donors (Lipinski definition) is 1. The van der Waals surface area contributed by atoms with Crippen LogP contribution in [0.3, 0.4) is 0 Å². The summed E-state index contributed by atoms with van der Waals surface area (Å²) < 4.78 is 0. The summed E-state index contributed by atoms with van der Waals surface area (Å²) >= 11 is 6.10. The number of nitrogens with zero attached hydrogens (tertiary/aromatic N) is 4. The summed E-state index contributed by atoms with van der Waals surface area (Å²) in [6, 6.07) is 17.7. The van der Waals surface area contributed by atoms with Gasteiger partial charge in [0.05, 0.1) is 11.6 Å². The molecule has 0 saturated carbocycles. The maximum absolute atomic E-state index is 8.87. The lowest BCUT2D eigenvalue weighted by molar-refractivity contribution is 0.372. The van der Waals surface area contributed by atoms with Crippen LogP contribution in [0.25, 0.3) is 0 Å². The lowest BCUT2D eigenvalue weighted by Crippen LogP contribution is -2.52. The fraction of sp³-hybridized carbons (Fsp3) is 0.300. The predicted molar refractivity (Wildman–Crippen MR) is 122 cm³/mol. The predicted octanol–water partition coefficient (Wildman–Crippen LogP) is 3.73. The lowest BCUT2D eigenvalue weighted by Gasteiger charge is -2.37. The highest BCUT2D eigenvalue weighted by Crippen LogP contribution is 2.20. The molecule has 0 aliphatic carbocycles. The maximum atomic E-state index is 8.87. The molecule has 5 nitrogen and oxygen atoms in total. The van der Waals surface area contributed by atoms with Crippen molar-refractivity contribution >= 4 is 47.2 Å². The second-order valence-electron chi connectivity index (χ2n) is 6.16. The van der Waals surface area contributed by atoms with Crippen LogP contribution in [0.5, 0.6) is 0 Å². The Balaban J connectivity index is 0.00000261. The monoisotopic (exact) mass is 495 g/mol. The zero-order chi connectivity index (χ0) is 18.4. The van der Waals surface area contributed by atoms with Crippen LogP contribution >= 0.6 is 35.6 Å². The molecule has 0 radical (unpaired) electrons. The summed E-state index contributed by atoms with van der Waals surface area (Å²) in [4.78, 5) is 9.02. The molecule has 0 bridgehead atoms. The van der Waals surface area contributed by atoms with E-state index in [9.17, 15) is 0 Å². The molecular weight excluding hydrogens is 473 g/mol. The normalized spacial score (nSPS) is 14.3. The van der Waals surface area contributed by atoms with Gasteiger partial charge >= 0.3 is 0 Å². The fourth-order valence-corrected chi connectivity index (χ4v) is 3.24. The highest BCUT2D eigenvalue weighted by Gasteiger charge is 2.19. The molecule has 0 spiro atoms. The van der Waals surface area contributed by atoms with Gasteiger partial charge < -0.3 is 15.1 Å². The minimum Gasteiger partial charge on any atom is -0.368 e. The molecule has 27 heavy (non-hydrogen) atoms. The molecule has 1 aliphatic heterocycles. The van der Waals surface area contributed by atoms with E-state index in [2.05, 4.69) is 32.2 Å². The van der Waals surface area contributed by atoms with Gasteiger partial charge in [0.1, 0.15) is 0 Å². The van der Waals surface area contributed by atoms with Crippen molar-refractivity contribution in [2.75, 3.05) is 38.1 Å². The molecular formula is C20H23ClIN5. The number of halogens is 2. The van der Waals surface area contributed by atoms with Crippen LogP contribution in [0, 0.1) is 11.3 Å². The van der Waals surface area contributed by atoms with Gasteiger partial charge in [0, 0.05) is 50.5 Å². The minimum absolute atomic E-state index is 0. The number of rotatable bonds is 3.